The fourth-order valence-electron chi connectivity index (χ4n) is 2.46. The first-order valence-electron chi connectivity index (χ1n) is 5.98. The summed E-state index contributed by atoms with van der Waals surface area (Å²) in [5, 5.41) is 1.03. The fraction of sp³-hybridized carbons (Fsp3) is 0.417. The summed E-state index contributed by atoms with van der Waals surface area (Å²) in [5.74, 6) is -1.06. The highest BCUT2D eigenvalue weighted by atomic mass is 79.9. The second-order valence-corrected chi connectivity index (χ2v) is 5.78. The number of nitrogens with zero attached hydrogens (tertiary/aromatic N) is 2. The third kappa shape index (κ3) is 1.92. The van der Waals surface area contributed by atoms with Gasteiger partial charge in [0.05, 0.1) is 9.89 Å². The van der Waals surface area contributed by atoms with E-state index in [1.807, 2.05) is 0 Å². The number of hydrogen-bond acceptors (Lipinski definition) is 3. The van der Waals surface area contributed by atoms with Gasteiger partial charge in [0, 0.05) is 6.42 Å². The number of aromatic nitrogens is 1. The summed E-state index contributed by atoms with van der Waals surface area (Å²) in [7, 11) is 0. The van der Waals surface area contributed by atoms with Gasteiger partial charge in [0.2, 0.25) is 17.8 Å². The van der Waals surface area contributed by atoms with Gasteiger partial charge in [-0.15, -0.1) is 0 Å². The molecule has 1 N–H and O–H groups in total. The minimum Gasteiger partial charge on any atom is -0.273 e. The van der Waals surface area contributed by atoms with Crippen LogP contribution in [-0.2, 0) is 9.59 Å². The Labute approximate surface area is 117 Å². The van der Waals surface area contributed by atoms with Crippen LogP contribution in [0.15, 0.2) is 16.6 Å². The summed E-state index contributed by atoms with van der Waals surface area (Å²) in [5.41, 5.74) is 1.98. The number of anilines is 1. The number of hydrazine groups is 1. The Morgan fingerprint density at radius 1 is 1.37 bits per heavy atom. The quantitative estimate of drug-likeness (QED) is 0.801. The normalized spacial score (nSPS) is 21.3. The van der Waals surface area contributed by atoms with Gasteiger partial charge in [-0.3, -0.25) is 15.0 Å². The molecule has 7 heteroatoms. The number of carbonyl (C=O) groups excluding carboxylic acids is 2. The molecular weight excluding hydrogens is 317 g/mol. The molecule has 1 saturated carbocycles. The zero-order valence-corrected chi connectivity index (χ0v) is 11.5. The van der Waals surface area contributed by atoms with E-state index in [2.05, 4.69) is 26.3 Å². The molecule has 5 nitrogen and oxygen atoms in total. The van der Waals surface area contributed by atoms with Gasteiger partial charge >= 0.3 is 0 Å². The highest BCUT2D eigenvalue weighted by Gasteiger charge is 2.50. The Morgan fingerprint density at radius 2 is 2.11 bits per heavy atom. The third-order valence-corrected chi connectivity index (χ3v) is 4.35. The molecule has 0 aromatic carbocycles. The Morgan fingerprint density at radius 3 is 2.68 bits per heavy atom. The Hall–Kier alpha value is -1.50. The van der Waals surface area contributed by atoms with E-state index < -0.39 is 11.4 Å². The second-order valence-electron chi connectivity index (χ2n) is 4.92. The number of halogens is 2. The van der Waals surface area contributed by atoms with E-state index in [0.717, 1.165) is 24.3 Å². The van der Waals surface area contributed by atoms with Crippen LogP contribution < -0.4 is 10.4 Å². The zero-order valence-electron chi connectivity index (χ0n) is 9.95. The molecule has 0 bridgehead atoms. The van der Waals surface area contributed by atoms with Gasteiger partial charge in [-0.05, 0) is 40.9 Å². The molecule has 1 aliphatic carbocycles. The van der Waals surface area contributed by atoms with Gasteiger partial charge in [-0.2, -0.15) is 9.37 Å². The lowest BCUT2D eigenvalue weighted by Gasteiger charge is -2.45. The molecule has 1 aromatic heterocycles. The smallest absolute Gasteiger partial charge is 0.248 e. The van der Waals surface area contributed by atoms with Crippen LogP contribution >= 0.6 is 15.9 Å². The molecule has 0 radical (unpaired) electrons. The maximum atomic E-state index is 13.4. The molecule has 0 atom stereocenters. The van der Waals surface area contributed by atoms with Crippen LogP contribution in [0.2, 0.25) is 0 Å². The van der Waals surface area contributed by atoms with Crippen LogP contribution in [0.4, 0.5) is 10.2 Å². The molecule has 2 amide bonds. The summed E-state index contributed by atoms with van der Waals surface area (Å²) in [6.45, 7) is 0. The summed E-state index contributed by atoms with van der Waals surface area (Å²) < 4.78 is 13.6. The standard InChI is InChI=1S/C12H11BrFN3O2/c13-7-2-3-8(15-10(7)14)17-9(18)6-12(4-1-5-12)11(19)16-17/h2-3H,1,4-6H2,(H,16,19). The van der Waals surface area contributed by atoms with Crippen LogP contribution in [0, 0.1) is 11.4 Å². The first-order chi connectivity index (χ1) is 9.02. The van der Waals surface area contributed by atoms with E-state index in [0.29, 0.717) is 0 Å². The van der Waals surface area contributed by atoms with Crippen LogP contribution in [-0.4, -0.2) is 16.8 Å². The summed E-state index contributed by atoms with van der Waals surface area (Å²) >= 11 is 2.99. The lowest BCUT2D eigenvalue weighted by Crippen LogP contribution is -2.61. The Kier molecular flexibility index (Phi) is 2.81. The molecule has 2 fully saturated rings. The minimum atomic E-state index is -0.719. The van der Waals surface area contributed by atoms with Crippen LogP contribution in [0.25, 0.3) is 0 Å². The maximum absolute atomic E-state index is 13.4. The van der Waals surface area contributed by atoms with Gasteiger partial charge in [-0.1, -0.05) is 6.42 Å². The number of hydrogen-bond donors (Lipinski definition) is 1. The number of pyridine rings is 1. The van der Waals surface area contributed by atoms with E-state index >= 15 is 0 Å². The van der Waals surface area contributed by atoms with Crippen molar-refractivity contribution in [3.8, 4) is 0 Å². The lowest BCUT2D eigenvalue weighted by molar-refractivity contribution is -0.146. The first-order valence-corrected chi connectivity index (χ1v) is 6.77. The zero-order chi connectivity index (χ0) is 13.6. The van der Waals surface area contributed by atoms with Gasteiger partial charge in [0.1, 0.15) is 0 Å². The molecule has 2 aliphatic rings. The molecule has 19 heavy (non-hydrogen) atoms. The third-order valence-electron chi connectivity index (χ3n) is 3.76. The Bertz CT molecular complexity index is 574. The summed E-state index contributed by atoms with van der Waals surface area (Å²) in [6.07, 6.45) is 2.60. The lowest BCUT2D eigenvalue weighted by atomic mass is 9.65. The second kappa shape index (κ2) is 4.26. The number of nitrogens with one attached hydrogen (secondary N) is 1. The van der Waals surface area contributed by atoms with Crippen molar-refractivity contribution in [1.29, 1.82) is 0 Å². The molecule has 1 saturated heterocycles. The average molecular weight is 328 g/mol. The molecule has 1 aliphatic heterocycles. The fourth-order valence-corrected chi connectivity index (χ4v) is 2.68. The highest BCUT2D eigenvalue weighted by Crippen LogP contribution is 2.46. The van der Waals surface area contributed by atoms with Crippen molar-refractivity contribution in [2.24, 2.45) is 5.41 Å². The van der Waals surface area contributed by atoms with Crippen LogP contribution in [0.1, 0.15) is 25.7 Å². The number of rotatable bonds is 1. The van der Waals surface area contributed by atoms with E-state index in [-0.39, 0.29) is 28.5 Å². The monoisotopic (exact) mass is 327 g/mol. The van der Waals surface area contributed by atoms with Crippen molar-refractivity contribution in [2.75, 3.05) is 5.01 Å². The van der Waals surface area contributed by atoms with Crippen LogP contribution in [0.5, 0.6) is 0 Å². The van der Waals surface area contributed by atoms with Gasteiger partial charge in [0.25, 0.3) is 0 Å². The van der Waals surface area contributed by atoms with Crippen molar-refractivity contribution in [2.45, 2.75) is 25.7 Å². The molecule has 100 valence electrons. The summed E-state index contributed by atoms with van der Waals surface area (Å²) in [6, 6.07) is 2.93. The number of amides is 2. The Balaban J connectivity index is 1.88. The SMILES string of the molecule is O=C1CC2(CCC2)C(=O)NN1c1ccc(Br)c(F)n1. The van der Waals surface area contributed by atoms with Crippen LogP contribution in [0.3, 0.4) is 0 Å². The largest absolute Gasteiger partial charge is 0.273 e. The van der Waals surface area contributed by atoms with Crippen molar-refractivity contribution >= 4 is 33.6 Å². The first kappa shape index (κ1) is 12.5. The average Bonchev–Trinajstić information content (AvgIpc) is 2.33. The summed E-state index contributed by atoms with van der Waals surface area (Å²) in [4.78, 5) is 27.8. The van der Waals surface area contributed by atoms with Crippen molar-refractivity contribution in [1.82, 2.24) is 10.4 Å². The van der Waals surface area contributed by atoms with Crippen molar-refractivity contribution in [3.63, 3.8) is 0 Å². The van der Waals surface area contributed by atoms with Gasteiger partial charge < -0.3 is 0 Å². The van der Waals surface area contributed by atoms with Crippen molar-refractivity contribution in [3.05, 3.63) is 22.6 Å². The van der Waals surface area contributed by atoms with Gasteiger partial charge in [-0.25, -0.2) is 5.01 Å². The maximum Gasteiger partial charge on any atom is 0.248 e. The van der Waals surface area contributed by atoms with E-state index in [1.54, 1.807) is 0 Å². The molecule has 3 rings (SSSR count). The predicted octanol–water partition coefficient (Wildman–Crippen LogP) is 1.92. The number of carbonyl (C=O) groups is 2. The minimum absolute atomic E-state index is 0.0909. The topological polar surface area (TPSA) is 62.3 Å². The molecule has 2 heterocycles. The highest BCUT2D eigenvalue weighted by molar-refractivity contribution is 9.10. The molecule has 1 spiro atoms. The van der Waals surface area contributed by atoms with E-state index in [4.69, 9.17) is 0 Å². The molecule has 1 aromatic rings. The molecule has 0 unspecified atom stereocenters. The predicted molar refractivity (Wildman–Crippen MR) is 68.4 cm³/mol. The van der Waals surface area contributed by atoms with Gasteiger partial charge in [0.15, 0.2) is 5.82 Å². The molecular formula is C12H11BrFN3O2. The van der Waals surface area contributed by atoms with E-state index in [1.165, 1.54) is 12.1 Å². The van der Waals surface area contributed by atoms with E-state index in [9.17, 15) is 14.0 Å². The van der Waals surface area contributed by atoms with Crippen molar-refractivity contribution < 1.29 is 14.0 Å².